The zero-order chi connectivity index (χ0) is 15.1. The number of benzene rings is 1. The average Bonchev–Trinajstić information content (AvgIpc) is 2.83. The third-order valence-corrected chi connectivity index (χ3v) is 5.11. The van der Waals surface area contributed by atoms with E-state index in [-0.39, 0.29) is 0 Å². The molecule has 2 aliphatic rings. The van der Waals surface area contributed by atoms with E-state index in [1.807, 2.05) is 30.3 Å². The van der Waals surface area contributed by atoms with Crippen LogP contribution in [0.15, 0.2) is 42.0 Å². The molecule has 2 fully saturated rings. The van der Waals surface area contributed by atoms with Crippen LogP contribution in [0.25, 0.3) is 10.9 Å². The third-order valence-electron chi connectivity index (χ3n) is 5.11. The van der Waals surface area contributed by atoms with Gasteiger partial charge in [0.25, 0.3) is 0 Å². The minimum absolute atomic E-state index is 0.546. The molecule has 0 spiro atoms. The van der Waals surface area contributed by atoms with E-state index in [0.29, 0.717) is 12.1 Å². The molecule has 0 N–H and O–H groups in total. The number of anilines is 1. The summed E-state index contributed by atoms with van der Waals surface area (Å²) >= 11 is 0. The zero-order valence-corrected chi connectivity index (χ0v) is 12.8. The van der Waals surface area contributed by atoms with Crippen molar-refractivity contribution in [2.24, 2.45) is 0 Å². The number of aromatic nitrogens is 1. The molecule has 2 atom stereocenters. The first-order chi connectivity index (χ1) is 10.8. The molecule has 2 bridgehead atoms. The van der Waals surface area contributed by atoms with Gasteiger partial charge in [-0.2, -0.15) is 5.26 Å². The van der Waals surface area contributed by atoms with E-state index in [2.05, 4.69) is 24.0 Å². The van der Waals surface area contributed by atoms with Crippen LogP contribution in [-0.4, -0.2) is 17.1 Å². The lowest BCUT2D eigenvalue weighted by atomic mass is 9.96. The van der Waals surface area contributed by atoms with Crippen molar-refractivity contribution in [2.45, 2.75) is 44.7 Å². The fourth-order valence-electron chi connectivity index (χ4n) is 4.05. The SMILES string of the molecule is CC=C1CC2CCC(C1)N2c1cc(C#N)c2ccccc2n1. The lowest BCUT2D eigenvalue weighted by Crippen LogP contribution is -2.41. The van der Waals surface area contributed by atoms with E-state index in [4.69, 9.17) is 4.98 Å². The Hall–Kier alpha value is -2.34. The molecule has 2 saturated heterocycles. The van der Waals surface area contributed by atoms with Gasteiger partial charge >= 0.3 is 0 Å². The molecule has 0 aliphatic carbocycles. The Morgan fingerprint density at radius 3 is 2.64 bits per heavy atom. The molecular formula is C19H19N3. The van der Waals surface area contributed by atoms with Gasteiger partial charge in [0.1, 0.15) is 5.82 Å². The number of fused-ring (bicyclic) bond motifs is 3. The Balaban J connectivity index is 1.81. The van der Waals surface area contributed by atoms with Gasteiger partial charge in [0.05, 0.1) is 17.1 Å². The highest BCUT2D eigenvalue weighted by Gasteiger charge is 2.39. The lowest BCUT2D eigenvalue weighted by molar-refractivity contribution is 0.544. The molecular weight excluding hydrogens is 270 g/mol. The quantitative estimate of drug-likeness (QED) is 0.739. The number of hydrogen-bond acceptors (Lipinski definition) is 3. The van der Waals surface area contributed by atoms with Crippen LogP contribution in [0.1, 0.15) is 38.2 Å². The van der Waals surface area contributed by atoms with Crippen molar-refractivity contribution in [1.82, 2.24) is 4.98 Å². The molecule has 1 aromatic heterocycles. The minimum atomic E-state index is 0.546. The topological polar surface area (TPSA) is 39.9 Å². The molecule has 22 heavy (non-hydrogen) atoms. The summed E-state index contributed by atoms with van der Waals surface area (Å²) in [7, 11) is 0. The summed E-state index contributed by atoms with van der Waals surface area (Å²) in [6.07, 6.45) is 7.03. The maximum atomic E-state index is 9.48. The van der Waals surface area contributed by atoms with Gasteiger partial charge in [-0.1, -0.05) is 29.8 Å². The molecule has 110 valence electrons. The van der Waals surface area contributed by atoms with Gasteiger partial charge in [0.15, 0.2) is 0 Å². The highest BCUT2D eigenvalue weighted by molar-refractivity contribution is 5.86. The maximum Gasteiger partial charge on any atom is 0.131 e. The molecule has 0 radical (unpaired) electrons. The number of piperidine rings is 1. The predicted molar refractivity (Wildman–Crippen MR) is 88.7 cm³/mol. The second-order valence-corrected chi connectivity index (χ2v) is 6.30. The standard InChI is InChI=1S/C19H19N3/c1-2-13-9-15-7-8-16(10-13)22(15)19-11-14(12-20)17-5-3-4-6-18(17)21-19/h2-6,11,15-16H,7-10H2,1H3. The van der Waals surface area contributed by atoms with Crippen molar-refractivity contribution in [2.75, 3.05) is 4.90 Å². The van der Waals surface area contributed by atoms with Gasteiger partial charge in [0.2, 0.25) is 0 Å². The number of nitriles is 1. The molecule has 1 aromatic carbocycles. The molecule has 2 aromatic rings. The van der Waals surface area contributed by atoms with E-state index in [1.165, 1.54) is 12.8 Å². The Bertz CT molecular complexity index is 784. The molecule has 0 saturated carbocycles. The Morgan fingerprint density at radius 2 is 1.95 bits per heavy atom. The summed E-state index contributed by atoms with van der Waals surface area (Å²) in [6, 6.07) is 13.4. The fourth-order valence-corrected chi connectivity index (χ4v) is 4.05. The number of rotatable bonds is 1. The molecule has 4 rings (SSSR count). The smallest absolute Gasteiger partial charge is 0.131 e. The van der Waals surface area contributed by atoms with Crippen LogP contribution >= 0.6 is 0 Å². The molecule has 2 aliphatic heterocycles. The van der Waals surface area contributed by atoms with E-state index >= 15 is 0 Å². The highest BCUT2D eigenvalue weighted by Crippen LogP contribution is 2.41. The first-order valence-corrected chi connectivity index (χ1v) is 8.02. The number of pyridine rings is 1. The van der Waals surface area contributed by atoms with Crippen molar-refractivity contribution in [1.29, 1.82) is 5.26 Å². The van der Waals surface area contributed by atoms with Crippen LogP contribution < -0.4 is 4.90 Å². The molecule has 2 unspecified atom stereocenters. The largest absolute Gasteiger partial charge is 0.350 e. The second kappa shape index (κ2) is 5.14. The van der Waals surface area contributed by atoms with Crippen LogP contribution in [-0.2, 0) is 0 Å². The zero-order valence-electron chi connectivity index (χ0n) is 12.8. The van der Waals surface area contributed by atoms with Gasteiger partial charge in [-0.05, 0) is 44.7 Å². The van der Waals surface area contributed by atoms with Gasteiger partial charge in [-0.3, -0.25) is 0 Å². The van der Waals surface area contributed by atoms with Crippen molar-refractivity contribution >= 4 is 16.7 Å². The van der Waals surface area contributed by atoms with E-state index in [0.717, 1.165) is 35.1 Å². The van der Waals surface area contributed by atoms with Gasteiger partial charge in [0, 0.05) is 17.5 Å². The summed E-state index contributed by atoms with van der Waals surface area (Å²) in [5, 5.41) is 10.4. The third kappa shape index (κ3) is 1.99. The van der Waals surface area contributed by atoms with Crippen molar-refractivity contribution in [3.8, 4) is 6.07 Å². The average molecular weight is 289 g/mol. The van der Waals surface area contributed by atoms with E-state index in [1.54, 1.807) is 5.57 Å². The van der Waals surface area contributed by atoms with Crippen LogP contribution in [0.4, 0.5) is 5.82 Å². The normalized spacial score (nSPS) is 23.6. The van der Waals surface area contributed by atoms with Crippen LogP contribution in [0.5, 0.6) is 0 Å². The Labute approximate surface area is 130 Å². The van der Waals surface area contributed by atoms with Crippen LogP contribution in [0, 0.1) is 11.3 Å². The summed E-state index contributed by atoms with van der Waals surface area (Å²) in [5.74, 6) is 0.984. The number of hydrogen-bond donors (Lipinski definition) is 0. The second-order valence-electron chi connectivity index (χ2n) is 6.30. The summed E-state index contributed by atoms with van der Waals surface area (Å²) in [6.45, 7) is 2.15. The van der Waals surface area contributed by atoms with Gasteiger partial charge < -0.3 is 4.90 Å². The van der Waals surface area contributed by atoms with Crippen LogP contribution in [0.2, 0.25) is 0 Å². The van der Waals surface area contributed by atoms with Crippen molar-refractivity contribution in [3.05, 3.63) is 47.5 Å². The van der Waals surface area contributed by atoms with Gasteiger partial charge in [-0.25, -0.2) is 4.98 Å². The number of nitrogens with zero attached hydrogens (tertiary/aromatic N) is 3. The highest BCUT2D eigenvalue weighted by atomic mass is 15.3. The van der Waals surface area contributed by atoms with E-state index in [9.17, 15) is 5.26 Å². The Morgan fingerprint density at radius 1 is 1.23 bits per heavy atom. The molecule has 3 nitrogen and oxygen atoms in total. The lowest BCUT2D eigenvalue weighted by Gasteiger charge is -2.37. The maximum absolute atomic E-state index is 9.48. The van der Waals surface area contributed by atoms with Crippen molar-refractivity contribution in [3.63, 3.8) is 0 Å². The first-order valence-electron chi connectivity index (χ1n) is 8.02. The molecule has 3 heterocycles. The summed E-state index contributed by atoms with van der Waals surface area (Å²) in [4.78, 5) is 7.33. The fraction of sp³-hybridized carbons (Fsp3) is 0.368. The molecule has 3 heteroatoms. The Kier molecular flexibility index (Phi) is 3.11. The first kappa shape index (κ1) is 13.3. The minimum Gasteiger partial charge on any atom is -0.350 e. The monoisotopic (exact) mass is 289 g/mol. The van der Waals surface area contributed by atoms with Crippen LogP contribution in [0.3, 0.4) is 0 Å². The van der Waals surface area contributed by atoms with Crippen molar-refractivity contribution < 1.29 is 0 Å². The number of allylic oxidation sites excluding steroid dienone is 1. The summed E-state index contributed by atoms with van der Waals surface area (Å²) < 4.78 is 0. The van der Waals surface area contributed by atoms with E-state index < -0.39 is 0 Å². The predicted octanol–water partition coefficient (Wildman–Crippen LogP) is 4.18. The number of para-hydroxylation sites is 1. The summed E-state index contributed by atoms with van der Waals surface area (Å²) in [5.41, 5.74) is 3.23. The molecule has 0 amide bonds. The van der Waals surface area contributed by atoms with Gasteiger partial charge in [-0.15, -0.1) is 0 Å².